The monoisotopic (exact) mass is 326 g/mol. The molecule has 0 aliphatic carbocycles. The highest BCUT2D eigenvalue weighted by Crippen LogP contribution is 2.20. The Balaban J connectivity index is 2.46. The molecule has 0 fully saturated rings. The van der Waals surface area contributed by atoms with Crippen molar-refractivity contribution in [3.63, 3.8) is 0 Å². The van der Waals surface area contributed by atoms with Crippen LogP contribution in [0.25, 0.3) is 0 Å². The predicted molar refractivity (Wildman–Crippen MR) is 89.0 cm³/mol. The van der Waals surface area contributed by atoms with Crippen LogP contribution >= 0.6 is 11.3 Å². The molecule has 0 aliphatic rings. The Labute approximate surface area is 136 Å². The van der Waals surface area contributed by atoms with Gasteiger partial charge in [-0.1, -0.05) is 39.5 Å². The second-order valence-electron chi connectivity index (χ2n) is 5.34. The maximum absolute atomic E-state index is 12.3. The number of esters is 1. The minimum Gasteiger partial charge on any atom is -0.469 e. The predicted octanol–water partition coefficient (Wildman–Crippen LogP) is 3.79. The first-order chi connectivity index (χ1) is 10.6. The number of hydrogen-bond acceptors (Lipinski definition) is 5. The number of hydrogen-bond donors (Lipinski definition) is 1. The van der Waals surface area contributed by atoms with Crippen LogP contribution in [0.5, 0.6) is 0 Å². The number of carbonyl (C=O) groups excluding carboxylic acids is 2. The van der Waals surface area contributed by atoms with E-state index in [1.54, 1.807) is 5.38 Å². The molecule has 22 heavy (non-hydrogen) atoms. The quantitative estimate of drug-likeness (QED) is 0.524. The fraction of sp³-hybridized carbons (Fsp3) is 0.688. The molecule has 1 rings (SSSR count). The van der Waals surface area contributed by atoms with E-state index in [2.05, 4.69) is 22.0 Å². The zero-order valence-corrected chi connectivity index (χ0v) is 14.5. The molecule has 1 aromatic rings. The van der Waals surface area contributed by atoms with Gasteiger partial charge in [0, 0.05) is 11.3 Å². The molecule has 5 nitrogen and oxygen atoms in total. The average Bonchev–Trinajstić information content (AvgIpc) is 2.94. The van der Waals surface area contributed by atoms with E-state index in [0.717, 1.165) is 19.3 Å². The highest BCUT2D eigenvalue weighted by atomic mass is 32.1. The fourth-order valence-electron chi connectivity index (χ4n) is 2.21. The van der Waals surface area contributed by atoms with E-state index in [9.17, 15) is 9.59 Å². The van der Waals surface area contributed by atoms with Crippen molar-refractivity contribution in [1.29, 1.82) is 0 Å². The number of anilines is 1. The molecule has 1 atom stereocenters. The molecular formula is C16H26N2O3S. The molecule has 1 N–H and O–H groups in total. The Morgan fingerprint density at radius 3 is 2.73 bits per heavy atom. The number of carbonyl (C=O) groups is 2. The number of thiazole rings is 1. The van der Waals surface area contributed by atoms with E-state index < -0.39 is 0 Å². The summed E-state index contributed by atoms with van der Waals surface area (Å²) in [7, 11) is 1.35. The van der Waals surface area contributed by atoms with Crippen LogP contribution in [0.4, 0.5) is 5.13 Å². The fourth-order valence-corrected chi connectivity index (χ4v) is 2.92. The molecule has 0 aromatic carbocycles. The van der Waals surface area contributed by atoms with E-state index in [0.29, 0.717) is 10.8 Å². The van der Waals surface area contributed by atoms with Gasteiger partial charge >= 0.3 is 5.97 Å². The van der Waals surface area contributed by atoms with Crippen LogP contribution in [-0.4, -0.2) is 24.0 Å². The Hall–Kier alpha value is -1.43. The molecule has 0 aliphatic heterocycles. The van der Waals surface area contributed by atoms with E-state index >= 15 is 0 Å². The number of rotatable bonds is 10. The molecule has 1 aromatic heterocycles. The molecule has 1 amide bonds. The van der Waals surface area contributed by atoms with Crippen molar-refractivity contribution in [2.75, 3.05) is 12.4 Å². The number of aromatic nitrogens is 1. The summed E-state index contributed by atoms with van der Waals surface area (Å²) in [6.07, 6.45) is 6.58. The zero-order valence-electron chi connectivity index (χ0n) is 13.7. The Kier molecular flexibility index (Phi) is 8.74. The van der Waals surface area contributed by atoms with Crippen molar-refractivity contribution < 1.29 is 14.3 Å². The highest BCUT2D eigenvalue weighted by molar-refractivity contribution is 7.13. The van der Waals surface area contributed by atoms with Gasteiger partial charge in [0.1, 0.15) is 0 Å². The number of amides is 1. The van der Waals surface area contributed by atoms with E-state index in [4.69, 9.17) is 0 Å². The molecule has 0 saturated carbocycles. The van der Waals surface area contributed by atoms with Gasteiger partial charge in [0.25, 0.3) is 0 Å². The first-order valence-electron chi connectivity index (χ1n) is 7.92. The third-order valence-corrected chi connectivity index (χ3v) is 4.41. The molecule has 6 heteroatoms. The van der Waals surface area contributed by atoms with Gasteiger partial charge in [0.05, 0.1) is 19.2 Å². The van der Waals surface area contributed by atoms with Crippen LogP contribution in [0.1, 0.15) is 58.1 Å². The van der Waals surface area contributed by atoms with Gasteiger partial charge in [-0.3, -0.25) is 9.59 Å². The Bertz CT molecular complexity index is 474. The largest absolute Gasteiger partial charge is 0.469 e. The summed E-state index contributed by atoms with van der Waals surface area (Å²) in [5.74, 6) is -0.270. The van der Waals surface area contributed by atoms with Crippen molar-refractivity contribution in [2.45, 2.75) is 58.8 Å². The summed E-state index contributed by atoms with van der Waals surface area (Å²) in [6, 6.07) is 0. The maximum atomic E-state index is 12.3. The van der Waals surface area contributed by atoms with E-state index in [1.807, 2.05) is 6.92 Å². The first-order valence-corrected chi connectivity index (χ1v) is 8.80. The van der Waals surface area contributed by atoms with Gasteiger partial charge in [-0.05, 0) is 12.8 Å². The van der Waals surface area contributed by atoms with Gasteiger partial charge in [-0.15, -0.1) is 11.3 Å². The summed E-state index contributed by atoms with van der Waals surface area (Å²) >= 11 is 1.34. The number of unbranched alkanes of at least 4 members (excludes halogenated alkanes) is 3. The van der Waals surface area contributed by atoms with Crippen molar-refractivity contribution in [2.24, 2.45) is 5.92 Å². The number of nitrogens with zero attached hydrogens (tertiary/aromatic N) is 1. The van der Waals surface area contributed by atoms with Crippen LogP contribution in [0, 0.1) is 5.92 Å². The number of methoxy groups -OCH3 is 1. The second kappa shape index (κ2) is 10.3. The van der Waals surface area contributed by atoms with Gasteiger partial charge in [-0.25, -0.2) is 4.98 Å². The van der Waals surface area contributed by atoms with Crippen molar-refractivity contribution in [3.05, 3.63) is 11.1 Å². The number of nitrogens with one attached hydrogen (secondary N) is 1. The summed E-state index contributed by atoms with van der Waals surface area (Å²) < 4.78 is 4.60. The van der Waals surface area contributed by atoms with Gasteiger partial charge in [-0.2, -0.15) is 0 Å². The lowest BCUT2D eigenvalue weighted by molar-refractivity contribution is -0.139. The standard InChI is InChI=1S/C16H26N2O3S/c1-4-6-7-8-9-12(5-2)15(20)18-16-17-13(11-22-16)10-14(19)21-3/h11-12H,4-10H2,1-3H3,(H,17,18,20). The molecule has 0 saturated heterocycles. The molecule has 0 bridgehead atoms. The Morgan fingerprint density at radius 1 is 1.32 bits per heavy atom. The van der Waals surface area contributed by atoms with Crippen LogP contribution < -0.4 is 5.32 Å². The van der Waals surface area contributed by atoms with E-state index in [1.165, 1.54) is 37.7 Å². The van der Waals surface area contributed by atoms with Crippen molar-refractivity contribution in [3.8, 4) is 0 Å². The smallest absolute Gasteiger partial charge is 0.311 e. The summed E-state index contributed by atoms with van der Waals surface area (Å²) in [4.78, 5) is 27.7. The lowest BCUT2D eigenvalue weighted by Gasteiger charge is -2.13. The molecule has 1 unspecified atom stereocenters. The van der Waals surface area contributed by atoms with Crippen molar-refractivity contribution >= 4 is 28.3 Å². The molecule has 0 radical (unpaired) electrons. The third kappa shape index (κ3) is 6.56. The topological polar surface area (TPSA) is 68.3 Å². The molecule has 1 heterocycles. The molecular weight excluding hydrogens is 300 g/mol. The first kappa shape index (κ1) is 18.6. The lowest BCUT2D eigenvalue weighted by atomic mass is 9.97. The van der Waals surface area contributed by atoms with Crippen molar-refractivity contribution in [1.82, 2.24) is 4.98 Å². The van der Waals surface area contributed by atoms with E-state index in [-0.39, 0.29) is 24.2 Å². The summed E-state index contributed by atoms with van der Waals surface area (Å²) in [5, 5.41) is 5.19. The van der Waals surface area contributed by atoms with Crippen LogP contribution in [0.3, 0.4) is 0 Å². The van der Waals surface area contributed by atoms with Gasteiger partial charge in [0.15, 0.2) is 5.13 Å². The second-order valence-corrected chi connectivity index (χ2v) is 6.20. The molecule has 124 valence electrons. The summed E-state index contributed by atoms with van der Waals surface area (Å²) in [5.41, 5.74) is 0.628. The average molecular weight is 326 g/mol. The van der Waals surface area contributed by atoms with Crippen LogP contribution in [-0.2, 0) is 20.7 Å². The summed E-state index contributed by atoms with van der Waals surface area (Å²) in [6.45, 7) is 4.22. The molecule has 0 spiro atoms. The minimum absolute atomic E-state index is 0.0259. The van der Waals surface area contributed by atoms with Gasteiger partial charge in [0.2, 0.25) is 5.91 Å². The normalized spacial score (nSPS) is 12.0. The Morgan fingerprint density at radius 2 is 2.09 bits per heavy atom. The van der Waals surface area contributed by atoms with Crippen LogP contribution in [0.15, 0.2) is 5.38 Å². The maximum Gasteiger partial charge on any atom is 0.311 e. The van der Waals surface area contributed by atoms with Crippen LogP contribution in [0.2, 0.25) is 0 Å². The highest BCUT2D eigenvalue weighted by Gasteiger charge is 2.17. The number of ether oxygens (including phenoxy) is 1. The van der Waals surface area contributed by atoms with Gasteiger partial charge < -0.3 is 10.1 Å². The zero-order chi connectivity index (χ0) is 16.4. The lowest BCUT2D eigenvalue weighted by Crippen LogP contribution is -2.22. The minimum atomic E-state index is -0.328. The third-order valence-electron chi connectivity index (χ3n) is 3.60. The SMILES string of the molecule is CCCCCCC(CC)C(=O)Nc1nc(CC(=O)OC)cs1.